The number of methoxy groups -OCH3 is 1. The molecule has 8 rings (SSSR count). The number of anilines is 4. The topological polar surface area (TPSA) is 213 Å². The third-order valence-electron chi connectivity index (χ3n) is 9.12. The Morgan fingerprint density at radius 1 is 0.946 bits per heavy atom. The van der Waals surface area contributed by atoms with Gasteiger partial charge in [0.05, 0.1) is 42.8 Å². The molecule has 4 aromatic heterocycles. The van der Waals surface area contributed by atoms with Gasteiger partial charge in [0.15, 0.2) is 22.7 Å². The highest BCUT2D eigenvalue weighted by molar-refractivity contribution is 5.99. The van der Waals surface area contributed by atoms with Crippen LogP contribution in [-0.2, 0) is 10.9 Å². The molecule has 3 aromatic carbocycles. The van der Waals surface area contributed by atoms with Crippen molar-refractivity contribution in [1.29, 1.82) is 0 Å². The van der Waals surface area contributed by atoms with E-state index in [9.17, 15) is 13.2 Å². The van der Waals surface area contributed by atoms with E-state index in [0.717, 1.165) is 35.2 Å². The molecule has 15 nitrogen and oxygen atoms in total. The monoisotopic (exact) mass is 771 g/mol. The summed E-state index contributed by atoms with van der Waals surface area (Å²) in [6.45, 7) is 8.68. The van der Waals surface area contributed by atoms with E-state index in [1.165, 1.54) is 12.4 Å². The second-order valence-corrected chi connectivity index (χ2v) is 13.6. The molecule has 56 heavy (non-hydrogen) atoms. The zero-order chi connectivity index (χ0) is 39.9. The first-order valence-corrected chi connectivity index (χ1v) is 17.7. The zero-order valence-electron chi connectivity index (χ0n) is 31.2. The number of nitrogen functional groups attached to an aromatic ring is 3. The molecule has 1 saturated heterocycles. The molecule has 0 spiro atoms. The van der Waals surface area contributed by atoms with E-state index < -0.39 is 17.8 Å². The van der Waals surface area contributed by atoms with Gasteiger partial charge in [-0.2, -0.15) is 23.3 Å². The molecule has 0 radical (unpaired) electrons. The molecule has 0 saturated carbocycles. The highest BCUT2D eigenvalue weighted by atomic mass is 19.4. The Kier molecular flexibility index (Phi) is 10.2. The molecule has 2 atom stereocenters. The van der Waals surface area contributed by atoms with Crippen LogP contribution in [0.3, 0.4) is 0 Å². The van der Waals surface area contributed by atoms with Crippen LogP contribution >= 0.6 is 0 Å². The molecule has 18 heteroatoms. The maximum absolute atomic E-state index is 13.3. The quantitative estimate of drug-likeness (QED) is 0.112. The molecular weight excluding hydrogens is 731 g/mol. The van der Waals surface area contributed by atoms with E-state index in [-0.39, 0.29) is 23.8 Å². The number of hydrogen-bond acceptors (Lipinski definition) is 14. The Labute approximate surface area is 318 Å². The summed E-state index contributed by atoms with van der Waals surface area (Å²) < 4.78 is 63.8. The van der Waals surface area contributed by atoms with Crippen LogP contribution < -0.4 is 32.0 Å². The van der Waals surface area contributed by atoms with Crippen molar-refractivity contribution < 1.29 is 31.8 Å². The number of ether oxygens (including phenoxy) is 3. The van der Waals surface area contributed by atoms with Crippen LogP contribution in [0.5, 0.6) is 11.5 Å². The molecule has 0 bridgehead atoms. The predicted molar refractivity (Wildman–Crippen MR) is 206 cm³/mol. The van der Waals surface area contributed by atoms with Crippen molar-refractivity contribution in [2.45, 2.75) is 58.5 Å². The van der Waals surface area contributed by atoms with E-state index in [4.69, 9.17) is 35.8 Å². The van der Waals surface area contributed by atoms with Crippen molar-refractivity contribution in [3.63, 3.8) is 0 Å². The second-order valence-electron chi connectivity index (χ2n) is 13.6. The van der Waals surface area contributed by atoms with Crippen molar-refractivity contribution in [3.8, 4) is 22.8 Å². The van der Waals surface area contributed by atoms with Crippen LogP contribution in [0.1, 0.15) is 56.2 Å². The highest BCUT2D eigenvalue weighted by Crippen LogP contribution is 2.38. The van der Waals surface area contributed by atoms with Gasteiger partial charge in [-0.25, -0.2) is 24.6 Å². The summed E-state index contributed by atoms with van der Waals surface area (Å²) in [6.07, 6.45) is -2.37. The minimum absolute atomic E-state index is 0.0383. The van der Waals surface area contributed by atoms with Crippen molar-refractivity contribution in [1.82, 2.24) is 34.7 Å². The Balaban J connectivity index is 0.000000182. The standard InChI is InChI=1S/C23H25F3N4O3.C15H15N7O/c1-12(14-6-15(23(24,25)26)8-16(27)7-14)28-22-18-9-21(33-17-4-5-32-11-17)20(31-3)10-19(18)29-13(2)30-22;1-7(2)22-14-11(13(16)18-6-19-14)12(21-22)8-3-4-10-9(5-8)20-15(17)23-10/h6-10,12,17H,4-5,11,27H2,1-3H3,(H,28,29,30);3-7H,1-2H3,(H2,17,20)(H2,16,18,19). The van der Waals surface area contributed by atoms with Gasteiger partial charge in [-0.05, 0) is 75.7 Å². The minimum Gasteiger partial charge on any atom is -0.493 e. The third kappa shape index (κ3) is 7.72. The summed E-state index contributed by atoms with van der Waals surface area (Å²) in [7, 11) is 1.55. The summed E-state index contributed by atoms with van der Waals surface area (Å²) in [5.74, 6) is 2.41. The molecule has 7 N–H and O–H groups in total. The van der Waals surface area contributed by atoms with E-state index in [0.29, 0.717) is 75.4 Å². The highest BCUT2D eigenvalue weighted by Gasteiger charge is 2.31. The number of halogens is 3. The maximum Gasteiger partial charge on any atom is 0.416 e. The number of hydrogen-bond donors (Lipinski definition) is 4. The third-order valence-corrected chi connectivity index (χ3v) is 9.12. The lowest BCUT2D eigenvalue weighted by Crippen LogP contribution is -2.16. The van der Waals surface area contributed by atoms with Gasteiger partial charge in [0.1, 0.15) is 41.1 Å². The maximum atomic E-state index is 13.3. The number of nitrogens with one attached hydrogen (secondary N) is 1. The minimum atomic E-state index is -4.49. The summed E-state index contributed by atoms with van der Waals surface area (Å²) in [4.78, 5) is 21.6. The van der Waals surface area contributed by atoms with Gasteiger partial charge in [0.25, 0.3) is 6.01 Å². The van der Waals surface area contributed by atoms with Crippen molar-refractivity contribution in [3.05, 3.63) is 71.8 Å². The lowest BCUT2D eigenvalue weighted by atomic mass is 10.0. The Bertz CT molecular complexity index is 2550. The fourth-order valence-electron chi connectivity index (χ4n) is 6.43. The summed E-state index contributed by atoms with van der Waals surface area (Å²) in [5, 5.41) is 9.28. The van der Waals surface area contributed by atoms with Crippen molar-refractivity contribution in [2.75, 3.05) is 42.8 Å². The van der Waals surface area contributed by atoms with Gasteiger partial charge in [0.2, 0.25) is 0 Å². The second kappa shape index (κ2) is 15.0. The number of nitrogens with two attached hydrogens (primary N) is 3. The van der Waals surface area contributed by atoms with Crippen LogP contribution in [0, 0.1) is 6.92 Å². The van der Waals surface area contributed by atoms with E-state index in [2.05, 4.69) is 35.3 Å². The van der Waals surface area contributed by atoms with Crippen LogP contribution in [0.15, 0.2) is 59.3 Å². The Hall–Kier alpha value is -6.43. The average Bonchev–Trinajstić information content (AvgIpc) is 3.90. The molecule has 0 amide bonds. The molecule has 0 aliphatic carbocycles. The number of aryl methyl sites for hydroxylation is 1. The number of aromatic nitrogens is 7. The summed E-state index contributed by atoms with van der Waals surface area (Å²) in [5.41, 5.74) is 21.2. The van der Waals surface area contributed by atoms with Crippen LogP contribution in [0.2, 0.25) is 0 Å². The number of benzene rings is 3. The van der Waals surface area contributed by atoms with Gasteiger partial charge in [-0.15, -0.1) is 0 Å². The molecule has 292 valence electrons. The van der Waals surface area contributed by atoms with E-state index >= 15 is 0 Å². The van der Waals surface area contributed by atoms with E-state index in [1.807, 2.05) is 36.7 Å². The van der Waals surface area contributed by atoms with Crippen molar-refractivity contribution in [2.24, 2.45) is 0 Å². The Morgan fingerprint density at radius 2 is 1.75 bits per heavy atom. The molecular formula is C38H40F3N11O4. The number of nitrogens with zero attached hydrogens (tertiary/aromatic N) is 7. The molecule has 2 unspecified atom stereocenters. The first kappa shape index (κ1) is 37.9. The fraction of sp³-hybridized carbons (Fsp3) is 0.316. The first-order chi connectivity index (χ1) is 26.7. The lowest BCUT2D eigenvalue weighted by Gasteiger charge is -2.20. The smallest absolute Gasteiger partial charge is 0.416 e. The molecule has 1 aliphatic rings. The summed E-state index contributed by atoms with van der Waals surface area (Å²) in [6, 6.07) is 12.4. The lowest BCUT2D eigenvalue weighted by molar-refractivity contribution is -0.137. The molecule has 5 heterocycles. The van der Waals surface area contributed by atoms with Gasteiger partial charge in [-0.1, -0.05) is 0 Å². The van der Waals surface area contributed by atoms with Crippen LogP contribution in [0.25, 0.3) is 44.3 Å². The van der Waals surface area contributed by atoms with Crippen molar-refractivity contribution >= 4 is 56.4 Å². The predicted octanol–water partition coefficient (Wildman–Crippen LogP) is 7.27. The number of alkyl halides is 3. The number of oxazole rings is 1. The molecule has 1 fully saturated rings. The van der Waals surface area contributed by atoms with Gasteiger partial charge < -0.3 is 41.1 Å². The van der Waals surface area contributed by atoms with Crippen LogP contribution in [0.4, 0.5) is 36.5 Å². The molecule has 1 aliphatic heterocycles. The van der Waals surface area contributed by atoms with Crippen LogP contribution in [-0.4, -0.2) is 61.1 Å². The number of rotatable bonds is 8. The van der Waals surface area contributed by atoms with Gasteiger partial charge in [0, 0.05) is 35.2 Å². The Morgan fingerprint density at radius 3 is 2.46 bits per heavy atom. The van der Waals surface area contributed by atoms with E-state index in [1.54, 1.807) is 33.1 Å². The molecule has 7 aromatic rings. The normalized spacial score (nSPS) is 15.0. The SMILES string of the molecule is CC(C)n1nc(-c2ccc3oc(N)nc3c2)c2c(N)ncnc21.COc1cc2nc(C)nc(NC(C)c3cc(N)cc(C(F)(F)F)c3)c2cc1OC1CCOC1. The van der Waals surface area contributed by atoms with Gasteiger partial charge in [-0.3, -0.25) is 0 Å². The first-order valence-electron chi connectivity index (χ1n) is 17.7. The summed E-state index contributed by atoms with van der Waals surface area (Å²) >= 11 is 0. The number of fused-ring (bicyclic) bond motifs is 3. The fourth-order valence-corrected chi connectivity index (χ4v) is 6.43. The average molecular weight is 772 g/mol. The zero-order valence-corrected chi connectivity index (χ0v) is 31.2. The van der Waals surface area contributed by atoms with Gasteiger partial charge >= 0.3 is 6.18 Å². The largest absolute Gasteiger partial charge is 0.493 e.